The Balaban J connectivity index is 3.96. The fourth-order valence-corrected chi connectivity index (χ4v) is 0.475. The van der Waals surface area contributed by atoms with Crippen LogP contribution in [0.2, 0.25) is 0 Å². The lowest BCUT2D eigenvalue weighted by Gasteiger charge is -2.04. The maximum atomic E-state index is 8.87. The average Bonchev–Trinajstić information content (AvgIpc) is 1.82. The van der Waals surface area contributed by atoms with Crippen LogP contribution >= 0.6 is 0 Å². The third-order valence-corrected chi connectivity index (χ3v) is 1.05. The van der Waals surface area contributed by atoms with Crippen molar-refractivity contribution in [3.8, 4) is 0 Å². The van der Waals surface area contributed by atoms with Gasteiger partial charge in [0, 0.05) is 0 Å². The van der Waals surface area contributed by atoms with Gasteiger partial charge in [0.2, 0.25) is 0 Å². The molecule has 1 atom stereocenters. The van der Waals surface area contributed by atoms with Gasteiger partial charge in [-0.15, -0.1) is 0 Å². The van der Waals surface area contributed by atoms with E-state index in [1.165, 1.54) is 6.08 Å². The molecule has 0 aromatic carbocycles. The number of aliphatic hydroxyl groups excluding tert-OH is 2. The highest BCUT2D eigenvalue weighted by Gasteiger charge is 1.99. The highest BCUT2D eigenvalue weighted by molar-refractivity contribution is 5.13. The van der Waals surface area contributed by atoms with Crippen LogP contribution in [-0.2, 0) is 0 Å². The first-order valence-electron chi connectivity index (χ1n) is 2.82. The van der Waals surface area contributed by atoms with E-state index < -0.39 is 6.10 Å². The predicted octanol–water partition coefficient (Wildman–Crippen LogP) is 0.472. The maximum absolute atomic E-state index is 8.87. The Labute approximate surface area is 55.1 Å². The molecule has 52 valence electrons. The topological polar surface area (TPSA) is 40.5 Å². The molecule has 0 spiro atoms. The Morgan fingerprint density at radius 1 is 1.78 bits per heavy atom. The molecule has 0 bridgehead atoms. The van der Waals surface area contributed by atoms with Gasteiger partial charge in [-0.2, -0.15) is 0 Å². The van der Waals surface area contributed by atoms with Gasteiger partial charge in [0.15, 0.2) is 0 Å². The van der Waals surface area contributed by atoms with Crippen molar-refractivity contribution < 1.29 is 10.2 Å². The molecule has 2 N–H and O–H groups in total. The molecule has 1 unspecified atom stereocenters. The highest BCUT2D eigenvalue weighted by Crippen LogP contribution is 1.99. The van der Waals surface area contributed by atoms with Crippen LogP contribution < -0.4 is 0 Å². The van der Waals surface area contributed by atoms with Crippen molar-refractivity contribution >= 4 is 0 Å². The van der Waals surface area contributed by atoms with E-state index in [9.17, 15) is 0 Å². The van der Waals surface area contributed by atoms with Gasteiger partial charge in [0.25, 0.3) is 0 Å². The van der Waals surface area contributed by atoms with Crippen molar-refractivity contribution in [1.29, 1.82) is 0 Å². The van der Waals surface area contributed by atoms with Crippen LogP contribution in [0.5, 0.6) is 0 Å². The minimum atomic E-state index is -0.576. The fourth-order valence-electron chi connectivity index (χ4n) is 0.475. The smallest absolute Gasteiger partial charge is 0.0747 e. The largest absolute Gasteiger partial charge is 0.392 e. The van der Waals surface area contributed by atoms with Crippen LogP contribution in [0.3, 0.4) is 0 Å². The summed E-state index contributed by atoms with van der Waals surface area (Å²) in [5, 5.41) is 17.4. The molecule has 2 heteroatoms. The Morgan fingerprint density at radius 2 is 2.33 bits per heavy atom. The second-order valence-electron chi connectivity index (χ2n) is 1.81. The van der Waals surface area contributed by atoms with E-state index in [-0.39, 0.29) is 6.61 Å². The molecule has 0 rings (SSSR count). The number of rotatable bonds is 3. The van der Waals surface area contributed by atoms with Gasteiger partial charge >= 0.3 is 0 Å². The van der Waals surface area contributed by atoms with Gasteiger partial charge in [0.05, 0.1) is 12.7 Å². The second-order valence-corrected chi connectivity index (χ2v) is 1.81. The summed E-state index contributed by atoms with van der Waals surface area (Å²) < 4.78 is 0. The van der Waals surface area contributed by atoms with Crippen molar-refractivity contribution in [1.82, 2.24) is 0 Å². The molecule has 0 saturated carbocycles. The van der Waals surface area contributed by atoms with Gasteiger partial charge in [0.1, 0.15) is 0 Å². The summed E-state index contributed by atoms with van der Waals surface area (Å²) in [7, 11) is 0. The molecular weight excluding hydrogens is 116 g/mol. The van der Waals surface area contributed by atoms with E-state index in [0.717, 1.165) is 0 Å². The number of hydrogen-bond acceptors (Lipinski definition) is 2. The molecule has 0 aliphatic rings. The van der Waals surface area contributed by atoms with Gasteiger partial charge in [-0.1, -0.05) is 18.7 Å². The highest BCUT2D eigenvalue weighted by atomic mass is 16.3. The lowest BCUT2D eigenvalue weighted by Crippen LogP contribution is -2.07. The first kappa shape index (κ1) is 8.40. The summed E-state index contributed by atoms with van der Waals surface area (Å²) in [6.45, 7) is 4.93. The van der Waals surface area contributed by atoms with E-state index in [1.54, 1.807) is 13.0 Å². The summed E-state index contributed by atoms with van der Waals surface area (Å²) in [6.07, 6.45) is 2.57. The molecule has 0 aromatic heterocycles. The first-order valence-corrected chi connectivity index (χ1v) is 2.82. The van der Waals surface area contributed by atoms with E-state index in [4.69, 9.17) is 10.2 Å². The normalized spacial score (nSPS) is 15.2. The molecule has 0 radical (unpaired) electrons. The van der Waals surface area contributed by atoms with Gasteiger partial charge in [-0.25, -0.2) is 0 Å². The van der Waals surface area contributed by atoms with Crippen molar-refractivity contribution in [3.63, 3.8) is 0 Å². The molecule has 0 aromatic rings. The molecule has 2 nitrogen and oxygen atoms in total. The summed E-state index contributed by atoms with van der Waals surface area (Å²) in [6, 6.07) is 0. The van der Waals surface area contributed by atoms with Gasteiger partial charge in [-0.3, -0.25) is 0 Å². The summed E-state index contributed by atoms with van der Waals surface area (Å²) in [5.74, 6) is 0. The van der Waals surface area contributed by atoms with E-state index in [1.807, 2.05) is 0 Å². The van der Waals surface area contributed by atoms with Crippen molar-refractivity contribution in [3.05, 3.63) is 24.3 Å². The van der Waals surface area contributed by atoms with E-state index in [2.05, 4.69) is 6.58 Å². The summed E-state index contributed by atoms with van der Waals surface area (Å²) in [4.78, 5) is 0. The SMILES string of the molecule is C=CC=C(CO)C(C)O. The van der Waals surface area contributed by atoms with E-state index in [0.29, 0.717) is 5.57 Å². The van der Waals surface area contributed by atoms with E-state index >= 15 is 0 Å². The molecule has 0 aliphatic heterocycles. The molecular formula is C7H12O2. The summed E-state index contributed by atoms with van der Waals surface area (Å²) >= 11 is 0. The Bertz CT molecular complexity index is 114. The van der Waals surface area contributed by atoms with Crippen molar-refractivity contribution in [2.45, 2.75) is 13.0 Å². The minimum absolute atomic E-state index is 0.107. The van der Waals surface area contributed by atoms with Gasteiger partial charge in [-0.05, 0) is 12.5 Å². The van der Waals surface area contributed by atoms with Crippen LogP contribution in [0, 0.1) is 0 Å². The lowest BCUT2D eigenvalue weighted by molar-refractivity contribution is 0.204. The van der Waals surface area contributed by atoms with Gasteiger partial charge < -0.3 is 10.2 Å². The lowest BCUT2D eigenvalue weighted by atomic mass is 10.1. The zero-order valence-electron chi connectivity index (χ0n) is 5.54. The standard InChI is InChI=1S/C7H12O2/c1-3-4-7(5-8)6(2)9/h3-4,6,8-9H,1,5H2,2H3. The quantitative estimate of drug-likeness (QED) is 0.542. The second kappa shape index (κ2) is 4.30. The average molecular weight is 128 g/mol. The van der Waals surface area contributed by atoms with Crippen LogP contribution in [0.1, 0.15) is 6.92 Å². The molecule has 9 heavy (non-hydrogen) atoms. The van der Waals surface area contributed by atoms with Crippen LogP contribution in [-0.4, -0.2) is 22.9 Å². The van der Waals surface area contributed by atoms with Crippen LogP contribution in [0.4, 0.5) is 0 Å². The third kappa shape index (κ3) is 3.06. The molecule has 0 heterocycles. The molecule has 0 aliphatic carbocycles. The zero-order valence-corrected chi connectivity index (χ0v) is 5.54. The number of aliphatic hydroxyl groups is 2. The minimum Gasteiger partial charge on any atom is -0.392 e. The van der Waals surface area contributed by atoms with Crippen LogP contribution in [0.25, 0.3) is 0 Å². The Kier molecular flexibility index (Phi) is 4.01. The number of allylic oxidation sites excluding steroid dienone is 2. The first-order chi connectivity index (χ1) is 4.22. The van der Waals surface area contributed by atoms with Crippen molar-refractivity contribution in [2.75, 3.05) is 6.61 Å². The zero-order chi connectivity index (χ0) is 7.28. The number of hydrogen-bond donors (Lipinski definition) is 2. The van der Waals surface area contributed by atoms with Crippen molar-refractivity contribution in [2.24, 2.45) is 0 Å². The molecule has 0 amide bonds. The third-order valence-electron chi connectivity index (χ3n) is 1.05. The monoisotopic (exact) mass is 128 g/mol. The summed E-state index contributed by atoms with van der Waals surface area (Å²) in [5.41, 5.74) is 0.588. The Hall–Kier alpha value is -0.600. The molecule has 0 fully saturated rings. The Morgan fingerprint density at radius 3 is 2.44 bits per heavy atom. The predicted molar refractivity (Wildman–Crippen MR) is 37.0 cm³/mol. The molecule has 0 saturated heterocycles. The van der Waals surface area contributed by atoms with Crippen LogP contribution in [0.15, 0.2) is 24.3 Å². The maximum Gasteiger partial charge on any atom is 0.0747 e. The fraction of sp³-hybridized carbons (Fsp3) is 0.429.